The average molecular weight is 428 g/mol. The smallest absolute Gasteiger partial charge is 0.306 e. The van der Waals surface area contributed by atoms with Gasteiger partial charge in [-0.2, -0.15) is 0 Å². The number of aryl methyl sites for hydroxylation is 1. The van der Waals surface area contributed by atoms with Crippen LogP contribution in [0.15, 0.2) is 47.1 Å². The van der Waals surface area contributed by atoms with Gasteiger partial charge in [-0.25, -0.2) is 4.98 Å². The van der Waals surface area contributed by atoms with Gasteiger partial charge in [0, 0.05) is 22.8 Å². The lowest BCUT2D eigenvalue weighted by Gasteiger charge is -2.30. The Hall–Kier alpha value is -2.18. The number of benzene rings is 1. The van der Waals surface area contributed by atoms with Gasteiger partial charge in [-0.3, -0.25) is 9.69 Å². The largest absolute Gasteiger partial charge is 0.481 e. The van der Waals surface area contributed by atoms with Gasteiger partial charge < -0.3 is 9.51 Å². The summed E-state index contributed by atoms with van der Waals surface area (Å²) in [6.07, 6.45) is 3.50. The van der Waals surface area contributed by atoms with E-state index in [0.29, 0.717) is 12.8 Å². The van der Waals surface area contributed by atoms with E-state index in [9.17, 15) is 9.90 Å². The first kappa shape index (κ1) is 18.2. The Kier molecular flexibility index (Phi) is 5.02. The predicted molar refractivity (Wildman–Crippen MR) is 109 cm³/mol. The van der Waals surface area contributed by atoms with E-state index in [1.807, 2.05) is 12.1 Å². The second kappa shape index (κ2) is 7.44. The highest BCUT2D eigenvalue weighted by Gasteiger charge is 2.26. The fraction of sp³-hybridized carbons (Fsp3) is 0.333. The number of halogens is 1. The summed E-state index contributed by atoms with van der Waals surface area (Å²) in [4.78, 5) is 18.5. The molecule has 0 saturated carbocycles. The molecule has 6 heteroatoms. The van der Waals surface area contributed by atoms with Crippen LogP contribution in [0.3, 0.4) is 0 Å². The van der Waals surface area contributed by atoms with Gasteiger partial charge in [-0.05, 0) is 62.7 Å². The molecule has 140 valence electrons. The Bertz CT molecular complexity index is 973. The van der Waals surface area contributed by atoms with Gasteiger partial charge in [0.2, 0.25) is 0 Å². The predicted octanol–water partition coefficient (Wildman–Crippen LogP) is 4.37. The Morgan fingerprint density at radius 2 is 1.93 bits per heavy atom. The molecule has 0 spiro atoms. The Morgan fingerprint density at radius 3 is 2.59 bits per heavy atom. The Labute approximate surface area is 166 Å². The Balaban J connectivity index is 1.69. The molecule has 1 aliphatic heterocycles. The second-order valence-electron chi connectivity index (χ2n) is 7.23. The van der Waals surface area contributed by atoms with Gasteiger partial charge in [0.15, 0.2) is 0 Å². The molecular weight excluding hydrogens is 406 g/mol. The summed E-state index contributed by atoms with van der Waals surface area (Å²) >= 11 is 3.50. The van der Waals surface area contributed by atoms with Crippen LogP contribution < -0.4 is 0 Å². The first-order chi connectivity index (χ1) is 13.0. The van der Waals surface area contributed by atoms with Crippen LogP contribution in [0.5, 0.6) is 0 Å². The van der Waals surface area contributed by atoms with E-state index in [4.69, 9.17) is 4.98 Å². The van der Waals surface area contributed by atoms with E-state index >= 15 is 0 Å². The normalized spacial score (nSPS) is 16.1. The number of carboxylic acids is 1. The van der Waals surface area contributed by atoms with Crippen molar-refractivity contribution in [3.05, 3.63) is 58.3 Å². The van der Waals surface area contributed by atoms with Gasteiger partial charge in [0.05, 0.1) is 17.3 Å². The number of rotatable bonds is 4. The Morgan fingerprint density at radius 1 is 1.22 bits per heavy atom. The van der Waals surface area contributed by atoms with Gasteiger partial charge in [-0.1, -0.05) is 28.1 Å². The maximum absolute atomic E-state index is 11.2. The molecule has 0 bridgehead atoms. The minimum atomic E-state index is -0.671. The van der Waals surface area contributed by atoms with Crippen LogP contribution in [0, 0.1) is 12.8 Å². The standard InChI is InChI=1S/C21H22BrN3O2/c1-14-6-11-25-18(13-24-9-7-16(8-10-24)21(26)27)20(23-19(25)12-14)15-2-4-17(22)5-3-15/h2-6,11-12,16H,7-10,13H2,1H3,(H,26,27). The summed E-state index contributed by atoms with van der Waals surface area (Å²) < 4.78 is 3.20. The third-order valence-corrected chi connectivity index (χ3v) is 5.84. The van der Waals surface area contributed by atoms with E-state index in [0.717, 1.165) is 46.7 Å². The lowest BCUT2D eigenvalue weighted by molar-refractivity contribution is -0.143. The maximum atomic E-state index is 11.2. The number of hydrogen-bond donors (Lipinski definition) is 1. The highest BCUT2D eigenvalue weighted by atomic mass is 79.9. The van der Waals surface area contributed by atoms with Crippen LogP contribution in [0.2, 0.25) is 0 Å². The molecule has 4 rings (SSSR count). The molecule has 0 unspecified atom stereocenters. The number of imidazole rings is 1. The van der Waals surface area contributed by atoms with E-state index in [1.54, 1.807) is 0 Å². The van der Waals surface area contributed by atoms with Crippen LogP contribution in [0.4, 0.5) is 0 Å². The number of fused-ring (bicyclic) bond motifs is 1. The monoisotopic (exact) mass is 427 g/mol. The van der Waals surface area contributed by atoms with Crippen LogP contribution in [-0.2, 0) is 11.3 Å². The van der Waals surface area contributed by atoms with Crippen molar-refractivity contribution in [2.75, 3.05) is 13.1 Å². The van der Waals surface area contributed by atoms with Gasteiger partial charge in [-0.15, -0.1) is 0 Å². The third kappa shape index (κ3) is 3.77. The van der Waals surface area contributed by atoms with Crippen molar-refractivity contribution in [1.29, 1.82) is 0 Å². The molecule has 3 aromatic rings. The van der Waals surface area contributed by atoms with Crippen molar-refractivity contribution < 1.29 is 9.90 Å². The van der Waals surface area contributed by atoms with Crippen LogP contribution in [-0.4, -0.2) is 38.4 Å². The van der Waals surface area contributed by atoms with Crippen LogP contribution in [0.1, 0.15) is 24.1 Å². The molecule has 0 radical (unpaired) electrons. The number of pyridine rings is 1. The van der Waals surface area contributed by atoms with Gasteiger partial charge in [0.25, 0.3) is 0 Å². The summed E-state index contributed by atoms with van der Waals surface area (Å²) in [5.41, 5.74) is 5.37. The molecular formula is C21H22BrN3O2. The molecule has 3 heterocycles. The third-order valence-electron chi connectivity index (χ3n) is 5.31. The quantitative estimate of drug-likeness (QED) is 0.671. The highest BCUT2D eigenvalue weighted by Crippen LogP contribution is 2.28. The SMILES string of the molecule is Cc1ccn2c(CN3CCC(C(=O)O)CC3)c(-c3ccc(Br)cc3)nc2c1. The van der Waals surface area contributed by atoms with Crippen molar-refractivity contribution in [1.82, 2.24) is 14.3 Å². The first-order valence-electron chi connectivity index (χ1n) is 9.20. The average Bonchev–Trinajstić information content (AvgIpc) is 3.00. The summed E-state index contributed by atoms with van der Waals surface area (Å²) in [6.45, 7) is 4.44. The lowest BCUT2D eigenvalue weighted by atomic mass is 9.97. The summed E-state index contributed by atoms with van der Waals surface area (Å²) in [6, 6.07) is 12.4. The van der Waals surface area contributed by atoms with Gasteiger partial charge in [0.1, 0.15) is 5.65 Å². The first-order valence-corrected chi connectivity index (χ1v) is 9.99. The van der Waals surface area contributed by atoms with Crippen molar-refractivity contribution in [2.24, 2.45) is 5.92 Å². The van der Waals surface area contributed by atoms with Crippen LogP contribution in [0.25, 0.3) is 16.9 Å². The number of nitrogens with zero attached hydrogens (tertiary/aromatic N) is 3. The molecule has 0 atom stereocenters. The molecule has 27 heavy (non-hydrogen) atoms. The summed E-state index contributed by atoms with van der Waals surface area (Å²) in [5, 5.41) is 9.23. The van der Waals surface area contributed by atoms with Crippen molar-refractivity contribution >= 4 is 27.5 Å². The summed E-state index contributed by atoms with van der Waals surface area (Å²) in [5.74, 6) is -0.882. The summed E-state index contributed by atoms with van der Waals surface area (Å²) in [7, 11) is 0. The highest BCUT2D eigenvalue weighted by molar-refractivity contribution is 9.10. The molecule has 2 aromatic heterocycles. The second-order valence-corrected chi connectivity index (χ2v) is 8.15. The van der Waals surface area contributed by atoms with Crippen LogP contribution >= 0.6 is 15.9 Å². The zero-order valence-electron chi connectivity index (χ0n) is 15.2. The van der Waals surface area contributed by atoms with E-state index in [1.165, 1.54) is 5.56 Å². The fourth-order valence-corrected chi connectivity index (χ4v) is 4.00. The minimum Gasteiger partial charge on any atom is -0.481 e. The van der Waals surface area contributed by atoms with Crippen molar-refractivity contribution in [3.8, 4) is 11.3 Å². The molecule has 1 saturated heterocycles. The number of piperidine rings is 1. The maximum Gasteiger partial charge on any atom is 0.306 e. The molecule has 5 nitrogen and oxygen atoms in total. The molecule has 1 aromatic carbocycles. The number of carboxylic acid groups (broad SMARTS) is 1. The number of aromatic nitrogens is 2. The molecule has 0 aliphatic carbocycles. The molecule has 1 fully saturated rings. The molecule has 1 aliphatic rings. The zero-order valence-corrected chi connectivity index (χ0v) is 16.8. The number of likely N-dealkylation sites (tertiary alicyclic amines) is 1. The zero-order chi connectivity index (χ0) is 19.0. The molecule has 0 amide bonds. The minimum absolute atomic E-state index is 0.211. The van der Waals surface area contributed by atoms with Gasteiger partial charge >= 0.3 is 5.97 Å². The van der Waals surface area contributed by atoms with Crippen molar-refractivity contribution in [2.45, 2.75) is 26.3 Å². The van der Waals surface area contributed by atoms with E-state index < -0.39 is 5.97 Å². The lowest BCUT2D eigenvalue weighted by Crippen LogP contribution is -2.36. The number of hydrogen-bond acceptors (Lipinski definition) is 3. The van der Waals surface area contributed by atoms with E-state index in [-0.39, 0.29) is 5.92 Å². The fourth-order valence-electron chi connectivity index (χ4n) is 3.74. The molecule has 1 N–H and O–H groups in total. The van der Waals surface area contributed by atoms with Crippen molar-refractivity contribution in [3.63, 3.8) is 0 Å². The topological polar surface area (TPSA) is 57.8 Å². The number of carbonyl (C=O) groups is 1. The van der Waals surface area contributed by atoms with E-state index in [2.05, 4.69) is 62.6 Å². The number of aliphatic carboxylic acids is 1.